The molecule has 2 rings (SSSR count). The Morgan fingerprint density at radius 3 is 3.30 bits per heavy atom. The normalized spacial score (nSPS) is 37.5. The van der Waals surface area contributed by atoms with Crippen LogP contribution in [0.1, 0.15) is 6.92 Å². The molecule has 1 heteroatoms. The molecule has 0 aromatic heterocycles. The standard InChI is InChI=1S/C9H12S/c1-7-2-3-8-5-10-6-9(8)4-7/h2-4,7-8H,5-6H2,1H3/t7-,8-/m0/s1. The molecule has 1 aliphatic heterocycles. The van der Waals surface area contributed by atoms with Gasteiger partial charge in [-0.3, -0.25) is 0 Å². The summed E-state index contributed by atoms with van der Waals surface area (Å²) >= 11 is 2.06. The molecule has 10 heavy (non-hydrogen) atoms. The number of fused-ring (bicyclic) bond motifs is 1. The molecule has 0 nitrogen and oxygen atoms in total. The van der Waals surface area contributed by atoms with Crippen molar-refractivity contribution >= 4 is 11.8 Å². The first kappa shape index (κ1) is 6.53. The third-order valence-corrected chi connectivity index (χ3v) is 3.30. The van der Waals surface area contributed by atoms with Crippen LogP contribution in [0.25, 0.3) is 0 Å². The van der Waals surface area contributed by atoms with Gasteiger partial charge in [0.05, 0.1) is 0 Å². The van der Waals surface area contributed by atoms with Gasteiger partial charge in [0.2, 0.25) is 0 Å². The molecule has 0 aromatic carbocycles. The van der Waals surface area contributed by atoms with E-state index in [0.29, 0.717) is 5.92 Å². The van der Waals surface area contributed by atoms with E-state index in [2.05, 4.69) is 36.9 Å². The smallest absolute Gasteiger partial charge is 0.0150 e. The van der Waals surface area contributed by atoms with E-state index in [1.807, 2.05) is 0 Å². The fourth-order valence-corrected chi connectivity index (χ4v) is 2.81. The minimum Gasteiger partial charge on any atom is -0.157 e. The molecule has 1 fully saturated rings. The Morgan fingerprint density at radius 1 is 1.50 bits per heavy atom. The van der Waals surface area contributed by atoms with Crippen LogP contribution >= 0.6 is 11.8 Å². The molecule has 54 valence electrons. The number of rotatable bonds is 0. The lowest BCUT2D eigenvalue weighted by Gasteiger charge is -2.13. The minimum atomic E-state index is 0.685. The molecule has 0 aromatic rings. The second-order valence-corrected chi connectivity index (χ2v) is 4.14. The van der Waals surface area contributed by atoms with E-state index >= 15 is 0 Å². The van der Waals surface area contributed by atoms with Crippen LogP contribution in [0.15, 0.2) is 23.8 Å². The van der Waals surface area contributed by atoms with Gasteiger partial charge in [-0.05, 0) is 5.92 Å². The Morgan fingerprint density at radius 2 is 2.40 bits per heavy atom. The van der Waals surface area contributed by atoms with E-state index in [-0.39, 0.29) is 0 Å². The third kappa shape index (κ3) is 1.03. The summed E-state index contributed by atoms with van der Waals surface area (Å²) in [6, 6.07) is 0. The summed E-state index contributed by atoms with van der Waals surface area (Å²) in [4.78, 5) is 0. The van der Waals surface area contributed by atoms with Gasteiger partial charge in [0, 0.05) is 17.4 Å². The first-order valence-electron chi connectivity index (χ1n) is 3.83. The molecule has 2 atom stereocenters. The molecule has 0 unspecified atom stereocenters. The van der Waals surface area contributed by atoms with Gasteiger partial charge in [-0.25, -0.2) is 0 Å². The summed E-state index contributed by atoms with van der Waals surface area (Å²) in [6.07, 6.45) is 7.12. The quantitative estimate of drug-likeness (QED) is 0.480. The van der Waals surface area contributed by atoms with E-state index in [1.165, 1.54) is 11.5 Å². The van der Waals surface area contributed by atoms with Crippen LogP contribution < -0.4 is 0 Å². The van der Waals surface area contributed by atoms with Crippen molar-refractivity contribution < 1.29 is 0 Å². The van der Waals surface area contributed by atoms with Crippen molar-refractivity contribution in [3.05, 3.63) is 23.8 Å². The Bertz CT molecular complexity index is 191. The van der Waals surface area contributed by atoms with Crippen molar-refractivity contribution in [1.29, 1.82) is 0 Å². The lowest BCUT2D eigenvalue weighted by molar-refractivity contribution is 0.803. The minimum absolute atomic E-state index is 0.685. The highest BCUT2D eigenvalue weighted by Gasteiger charge is 2.21. The molecule has 0 radical (unpaired) electrons. The first-order valence-corrected chi connectivity index (χ1v) is 4.98. The monoisotopic (exact) mass is 152 g/mol. The van der Waals surface area contributed by atoms with Gasteiger partial charge in [0.25, 0.3) is 0 Å². The summed E-state index contributed by atoms with van der Waals surface area (Å²) < 4.78 is 0. The lowest BCUT2D eigenvalue weighted by atomic mass is 9.92. The molecule has 0 amide bonds. The van der Waals surface area contributed by atoms with Crippen LogP contribution in [0.2, 0.25) is 0 Å². The zero-order valence-electron chi connectivity index (χ0n) is 6.21. The van der Waals surface area contributed by atoms with Crippen molar-refractivity contribution in [3.63, 3.8) is 0 Å². The van der Waals surface area contributed by atoms with Crippen LogP contribution in [0.4, 0.5) is 0 Å². The predicted octanol–water partition coefficient (Wildman–Crippen LogP) is 2.48. The van der Waals surface area contributed by atoms with Gasteiger partial charge < -0.3 is 0 Å². The fourth-order valence-electron chi connectivity index (χ4n) is 1.57. The number of allylic oxidation sites excluding steroid dienone is 3. The fraction of sp³-hybridized carbons (Fsp3) is 0.556. The Hall–Kier alpha value is -0.170. The van der Waals surface area contributed by atoms with Gasteiger partial charge in [0.15, 0.2) is 0 Å². The second-order valence-electron chi connectivity index (χ2n) is 3.11. The molecule has 1 heterocycles. The zero-order valence-corrected chi connectivity index (χ0v) is 7.03. The maximum absolute atomic E-state index is 2.42. The Labute approximate surface area is 66.4 Å². The molecule has 0 N–H and O–H groups in total. The second kappa shape index (κ2) is 2.46. The summed E-state index contributed by atoms with van der Waals surface area (Å²) in [6.45, 7) is 2.25. The molecular formula is C9H12S. The largest absolute Gasteiger partial charge is 0.157 e. The van der Waals surface area contributed by atoms with E-state index < -0.39 is 0 Å². The van der Waals surface area contributed by atoms with Gasteiger partial charge >= 0.3 is 0 Å². The topological polar surface area (TPSA) is 0 Å². The van der Waals surface area contributed by atoms with Gasteiger partial charge in [0.1, 0.15) is 0 Å². The van der Waals surface area contributed by atoms with Gasteiger partial charge in [-0.2, -0.15) is 11.8 Å². The van der Waals surface area contributed by atoms with Gasteiger partial charge in [-0.15, -0.1) is 0 Å². The van der Waals surface area contributed by atoms with Crippen molar-refractivity contribution in [2.75, 3.05) is 11.5 Å². The van der Waals surface area contributed by atoms with E-state index in [9.17, 15) is 0 Å². The highest BCUT2D eigenvalue weighted by Crippen LogP contribution is 2.34. The van der Waals surface area contributed by atoms with E-state index in [0.717, 1.165) is 5.92 Å². The van der Waals surface area contributed by atoms with Crippen LogP contribution in [0, 0.1) is 11.8 Å². The summed E-state index contributed by atoms with van der Waals surface area (Å²) in [5.74, 6) is 4.07. The van der Waals surface area contributed by atoms with E-state index in [4.69, 9.17) is 0 Å². The Kier molecular flexibility index (Phi) is 1.61. The van der Waals surface area contributed by atoms with Crippen molar-refractivity contribution in [1.82, 2.24) is 0 Å². The summed E-state index contributed by atoms with van der Waals surface area (Å²) in [5, 5.41) is 0. The average Bonchev–Trinajstić information content (AvgIpc) is 2.33. The van der Waals surface area contributed by atoms with Crippen molar-refractivity contribution in [3.8, 4) is 0 Å². The van der Waals surface area contributed by atoms with Gasteiger partial charge in [-0.1, -0.05) is 30.7 Å². The first-order chi connectivity index (χ1) is 4.86. The molecule has 0 saturated carbocycles. The van der Waals surface area contributed by atoms with E-state index in [1.54, 1.807) is 5.57 Å². The summed E-state index contributed by atoms with van der Waals surface area (Å²) in [5.41, 5.74) is 1.67. The molecule has 1 aliphatic carbocycles. The Balaban J connectivity index is 2.22. The number of hydrogen-bond donors (Lipinski definition) is 0. The third-order valence-electron chi connectivity index (χ3n) is 2.17. The molecule has 0 bridgehead atoms. The maximum atomic E-state index is 2.42. The van der Waals surface area contributed by atoms with Crippen molar-refractivity contribution in [2.24, 2.45) is 11.8 Å². The molecular weight excluding hydrogens is 140 g/mol. The maximum Gasteiger partial charge on any atom is 0.0150 e. The van der Waals surface area contributed by atoms with Crippen LogP contribution in [-0.4, -0.2) is 11.5 Å². The lowest BCUT2D eigenvalue weighted by Crippen LogP contribution is -2.04. The summed E-state index contributed by atoms with van der Waals surface area (Å²) in [7, 11) is 0. The molecule has 2 aliphatic rings. The predicted molar refractivity (Wildman–Crippen MR) is 47.2 cm³/mol. The van der Waals surface area contributed by atoms with Crippen molar-refractivity contribution in [2.45, 2.75) is 6.92 Å². The number of thioether (sulfide) groups is 1. The van der Waals surface area contributed by atoms with Crippen LogP contribution in [0.5, 0.6) is 0 Å². The van der Waals surface area contributed by atoms with Crippen LogP contribution in [0.3, 0.4) is 0 Å². The zero-order chi connectivity index (χ0) is 6.97. The number of hydrogen-bond acceptors (Lipinski definition) is 1. The highest BCUT2D eigenvalue weighted by molar-refractivity contribution is 7.99. The highest BCUT2D eigenvalue weighted by atomic mass is 32.2. The SMILES string of the molecule is C[C@H]1C=C[C@H]2CSCC2=C1. The average molecular weight is 152 g/mol. The molecule has 1 saturated heterocycles. The van der Waals surface area contributed by atoms with Crippen LogP contribution in [-0.2, 0) is 0 Å². The molecule has 0 spiro atoms.